The van der Waals surface area contributed by atoms with Crippen LogP contribution in [-0.4, -0.2) is 25.6 Å². The lowest BCUT2D eigenvalue weighted by atomic mass is 10.2. The lowest BCUT2D eigenvalue weighted by Crippen LogP contribution is -2.29. The van der Waals surface area contributed by atoms with Crippen LogP contribution in [0.3, 0.4) is 0 Å². The van der Waals surface area contributed by atoms with E-state index in [-0.39, 0.29) is 11.7 Å². The molecule has 2 radical (unpaired) electrons. The van der Waals surface area contributed by atoms with Gasteiger partial charge in [-0.1, -0.05) is 26.0 Å². The number of aromatic nitrogens is 2. The second-order valence-electron chi connectivity index (χ2n) is 4.79. The second-order valence-corrected chi connectivity index (χ2v) is 6.49. The summed E-state index contributed by atoms with van der Waals surface area (Å²) in [5, 5.41) is 0. The van der Waals surface area contributed by atoms with E-state index < -0.39 is 0 Å². The molecule has 4 nitrogen and oxygen atoms in total. The van der Waals surface area contributed by atoms with Crippen LogP contribution in [0.2, 0.25) is 5.54 Å². The third-order valence-electron chi connectivity index (χ3n) is 2.70. The van der Waals surface area contributed by atoms with Crippen LogP contribution in [0.1, 0.15) is 30.0 Å². The molecule has 0 spiro atoms. The summed E-state index contributed by atoms with van der Waals surface area (Å²) in [4.78, 5) is 22.0. The van der Waals surface area contributed by atoms with Gasteiger partial charge < -0.3 is 9.97 Å². The molecular formula is C14H16FN3OSi. The first kappa shape index (κ1) is 14.5. The highest BCUT2D eigenvalue weighted by atomic mass is 28.2. The van der Waals surface area contributed by atoms with Gasteiger partial charge >= 0.3 is 0 Å². The van der Waals surface area contributed by atoms with Crippen LogP contribution in [0.25, 0.3) is 11.4 Å². The molecular weight excluding hydrogens is 273 g/mol. The molecule has 2 aromatic rings. The van der Waals surface area contributed by atoms with Crippen molar-refractivity contribution >= 4 is 15.6 Å². The number of imidazole rings is 1. The Morgan fingerprint density at radius 3 is 2.75 bits per heavy atom. The molecule has 6 heteroatoms. The average molecular weight is 289 g/mol. The van der Waals surface area contributed by atoms with Crippen LogP contribution < -0.4 is 4.98 Å². The summed E-state index contributed by atoms with van der Waals surface area (Å²) in [6.07, 6.45) is 0. The second kappa shape index (κ2) is 6.00. The van der Waals surface area contributed by atoms with E-state index in [0.29, 0.717) is 38.0 Å². The van der Waals surface area contributed by atoms with E-state index in [9.17, 15) is 9.18 Å². The van der Waals surface area contributed by atoms with Crippen LogP contribution in [-0.2, 0) is 0 Å². The van der Waals surface area contributed by atoms with Crippen LogP contribution in [0.5, 0.6) is 0 Å². The fraction of sp³-hybridized carbons (Fsp3) is 0.286. The van der Waals surface area contributed by atoms with Crippen LogP contribution >= 0.6 is 0 Å². The lowest BCUT2D eigenvalue weighted by Gasteiger charge is -2.04. The van der Waals surface area contributed by atoms with Crippen molar-refractivity contribution in [3.63, 3.8) is 0 Å². The highest BCUT2D eigenvalue weighted by Crippen LogP contribution is 2.21. The van der Waals surface area contributed by atoms with E-state index in [4.69, 9.17) is 0 Å². The van der Waals surface area contributed by atoms with Gasteiger partial charge in [-0.05, 0) is 24.6 Å². The molecule has 104 valence electrons. The minimum atomic E-state index is -0.364. The maximum Gasteiger partial charge on any atom is 0.263 e. The molecule has 0 bridgehead atoms. The van der Waals surface area contributed by atoms with E-state index in [0.717, 1.165) is 0 Å². The third-order valence-corrected chi connectivity index (χ3v) is 3.65. The van der Waals surface area contributed by atoms with Crippen LogP contribution in [0.15, 0.2) is 24.3 Å². The summed E-state index contributed by atoms with van der Waals surface area (Å²) >= 11 is 0. The number of carbonyl (C=O) groups excluding carboxylic acids is 1. The van der Waals surface area contributed by atoms with Gasteiger partial charge in [0.2, 0.25) is 0 Å². The van der Waals surface area contributed by atoms with Crippen molar-refractivity contribution < 1.29 is 9.18 Å². The van der Waals surface area contributed by atoms with Gasteiger partial charge in [-0.15, -0.1) is 0 Å². The Morgan fingerprint density at radius 1 is 1.40 bits per heavy atom. The summed E-state index contributed by atoms with van der Waals surface area (Å²) in [7, 11) is 0.337. The number of benzene rings is 1. The topological polar surface area (TPSA) is 57.8 Å². The fourth-order valence-corrected chi connectivity index (χ4v) is 2.27. The minimum Gasteiger partial charge on any atom is -0.377 e. The SMILES string of the molecule is Cc1[nH]c(-c2ccccc2F)nc1C(=O)N[Si]C(C)C. The van der Waals surface area contributed by atoms with Gasteiger partial charge in [0.1, 0.15) is 17.3 Å². The summed E-state index contributed by atoms with van der Waals surface area (Å²) < 4.78 is 13.7. The molecule has 0 aliphatic carbocycles. The van der Waals surface area contributed by atoms with Crippen LogP contribution in [0.4, 0.5) is 4.39 Å². The van der Waals surface area contributed by atoms with Crippen molar-refractivity contribution in [2.45, 2.75) is 26.3 Å². The number of nitrogens with zero attached hydrogens (tertiary/aromatic N) is 1. The minimum absolute atomic E-state index is 0.228. The molecule has 0 unspecified atom stereocenters. The smallest absolute Gasteiger partial charge is 0.263 e. The highest BCUT2D eigenvalue weighted by molar-refractivity contribution is 6.39. The third kappa shape index (κ3) is 3.13. The molecule has 0 aliphatic rings. The first-order valence-electron chi connectivity index (χ1n) is 6.36. The van der Waals surface area contributed by atoms with E-state index >= 15 is 0 Å². The maximum absolute atomic E-state index is 13.7. The Morgan fingerprint density at radius 2 is 2.10 bits per heavy atom. The summed E-state index contributed by atoms with van der Waals surface area (Å²) in [6.45, 7) is 5.81. The first-order chi connectivity index (χ1) is 9.49. The number of H-pyrrole nitrogens is 1. The number of aromatic amines is 1. The number of hydrogen-bond acceptors (Lipinski definition) is 2. The summed E-state index contributed by atoms with van der Waals surface area (Å²) in [5.41, 5.74) is 1.70. The number of rotatable bonds is 4. The quantitative estimate of drug-likeness (QED) is 0.850. The van der Waals surface area contributed by atoms with Crippen molar-refractivity contribution in [1.82, 2.24) is 15.0 Å². The van der Waals surface area contributed by atoms with Crippen molar-refractivity contribution in [1.29, 1.82) is 0 Å². The molecule has 1 amide bonds. The lowest BCUT2D eigenvalue weighted by molar-refractivity contribution is 0.0975. The number of aryl methyl sites for hydroxylation is 1. The number of carbonyl (C=O) groups is 1. The molecule has 0 atom stereocenters. The Labute approximate surface area is 119 Å². The Balaban J connectivity index is 2.26. The molecule has 0 saturated carbocycles. The van der Waals surface area contributed by atoms with E-state index in [2.05, 4.69) is 15.0 Å². The molecule has 0 aliphatic heterocycles. The normalized spacial score (nSPS) is 10.8. The van der Waals surface area contributed by atoms with E-state index in [1.165, 1.54) is 6.07 Å². The van der Waals surface area contributed by atoms with Crippen molar-refractivity contribution in [3.05, 3.63) is 41.5 Å². The summed E-state index contributed by atoms with van der Waals surface area (Å²) in [5.74, 6) is -0.218. The van der Waals surface area contributed by atoms with E-state index in [1.54, 1.807) is 25.1 Å². The highest BCUT2D eigenvalue weighted by Gasteiger charge is 2.17. The van der Waals surface area contributed by atoms with Crippen molar-refractivity contribution in [2.24, 2.45) is 0 Å². The molecule has 1 heterocycles. The molecule has 2 N–H and O–H groups in total. The predicted molar refractivity (Wildman–Crippen MR) is 77.0 cm³/mol. The zero-order chi connectivity index (χ0) is 14.7. The molecule has 1 aromatic carbocycles. The van der Waals surface area contributed by atoms with Crippen molar-refractivity contribution in [3.8, 4) is 11.4 Å². The van der Waals surface area contributed by atoms with Gasteiger partial charge in [-0.2, -0.15) is 0 Å². The monoisotopic (exact) mass is 289 g/mol. The van der Waals surface area contributed by atoms with Gasteiger partial charge in [0.15, 0.2) is 9.68 Å². The average Bonchev–Trinajstić information content (AvgIpc) is 2.78. The molecule has 2 rings (SSSR count). The van der Waals surface area contributed by atoms with Crippen LogP contribution in [0, 0.1) is 12.7 Å². The number of hydrogen-bond donors (Lipinski definition) is 2. The summed E-state index contributed by atoms with van der Waals surface area (Å²) in [6, 6.07) is 6.35. The zero-order valence-electron chi connectivity index (χ0n) is 11.6. The molecule has 0 saturated heterocycles. The van der Waals surface area contributed by atoms with Crippen molar-refractivity contribution in [2.75, 3.05) is 0 Å². The first-order valence-corrected chi connectivity index (χ1v) is 7.44. The van der Waals surface area contributed by atoms with Gasteiger partial charge in [0.05, 0.1) is 5.56 Å². The number of halogens is 1. The molecule has 0 fully saturated rings. The van der Waals surface area contributed by atoms with Gasteiger partial charge in [0, 0.05) is 5.69 Å². The zero-order valence-corrected chi connectivity index (χ0v) is 12.6. The fourth-order valence-electron chi connectivity index (χ4n) is 1.73. The Hall–Kier alpha value is -1.95. The molecule has 20 heavy (non-hydrogen) atoms. The van der Waals surface area contributed by atoms with E-state index in [1.807, 2.05) is 13.8 Å². The maximum atomic E-state index is 13.7. The predicted octanol–water partition coefficient (Wildman–Crippen LogP) is 2.70. The number of nitrogens with one attached hydrogen (secondary N) is 2. The van der Waals surface area contributed by atoms with Gasteiger partial charge in [0.25, 0.3) is 5.91 Å². The van der Waals surface area contributed by atoms with Gasteiger partial charge in [-0.25, -0.2) is 9.37 Å². The molecule has 1 aromatic heterocycles. The Bertz CT molecular complexity index is 625. The number of amides is 1. The standard InChI is InChI=1S/C14H16FN3OSi/c1-8(2)20-18-14(19)12-9(3)16-13(17-12)10-6-4-5-7-11(10)15/h4-8H,1-3H3,(H,16,17)(H,18,19). The largest absolute Gasteiger partial charge is 0.377 e. The Kier molecular flexibility index (Phi) is 4.34. The van der Waals surface area contributed by atoms with Gasteiger partial charge in [-0.3, -0.25) is 4.79 Å².